The van der Waals surface area contributed by atoms with Gasteiger partial charge >= 0.3 is 88.7 Å². The molecule has 1 aliphatic heterocycles. The third kappa shape index (κ3) is 12.5. The van der Waals surface area contributed by atoms with Crippen LogP contribution < -0.4 is 110 Å². The second-order valence-corrected chi connectivity index (χ2v) is 16.4. The fourth-order valence-electron chi connectivity index (χ4n) is 6.18. The van der Waals surface area contributed by atoms with E-state index in [1.807, 2.05) is 0 Å². The Kier molecular flexibility index (Phi) is 18.1. The fourth-order valence-corrected chi connectivity index (χ4v) is 7.59. The summed E-state index contributed by atoms with van der Waals surface area (Å²) in [6.07, 6.45) is 0. The van der Waals surface area contributed by atoms with Crippen molar-refractivity contribution in [3.8, 4) is 0 Å². The van der Waals surface area contributed by atoms with Crippen molar-refractivity contribution in [3.05, 3.63) is 132 Å². The number of hydrogen-bond acceptors (Lipinski definition) is 18. The summed E-state index contributed by atoms with van der Waals surface area (Å²) >= 11 is 0. The number of carbonyl (C=O) groups excluding carboxylic acids is 2. The first kappa shape index (κ1) is 53.7. The van der Waals surface area contributed by atoms with Gasteiger partial charge < -0.3 is 25.3 Å². The van der Waals surface area contributed by atoms with Gasteiger partial charge in [-0.1, -0.05) is 30.3 Å². The summed E-state index contributed by atoms with van der Waals surface area (Å²) in [7, 11) is -9.87. The Hall–Kier alpha value is -4.92. The summed E-state index contributed by atoms with van der Waals surface area (Å²) in [5, 5.41) is 53.6. The standard InChI is InChI=1S/C41H32N10O10S2.3Na/c1-22-17-27(43-39(52)24-9-11-26(12-10-24)44-49-37-38(41(54)55)50-51(40(37)53)30-6-3-5-25(42)19-30)13-15-33(22)47-45-28-14-16-34(23(2)18-28)48-46-29-20-32-31(36(21-29)63(59,60)61)7-4-8-35(32)62(56,57)58;;;/h3-21,37H,42H2,1-2H3,(H,43,52)(H,54,55)(H,56,57,58)(H,59,60,61);;;/q;3*+1/p-3. The minimum atomic E-state index is -5.01. The van der Waals surface area contributed by atoms with Gasteiger partial charge in [0.1, 0.15) is 20.7 Å². The Labute approximate surface area is 443 Å². The van der Waals surface area contributed by atoms with E-state index in [1.165, 1.54) is 54.6 Å². The number of aliphatic carboxylic acids is 1. The van der Waals surface area contributed by atoms with Crippen molar-refractivity contribution in [3.63, 3.8) is 0 Å². The number of rotatable bonds is 12. The van der Waals surface area contributed by atoms with Crippen LogP contribution in [-0.2, 0) is 29.8 Å². The molecule has 0 aromatic heterocycles. The molecule has 1 unspecified atom stereocenters. The minimum absolute atomic E-state index is 0. The molecule has 0 bridgehead atoms. The summed E-state index contributed by atoms with van der Waals surface area (Å²) in [6, 6.07) is 25.6. The van der Waals surface area contributed by atoms with Crippen molar-refractivity contribution in [2.24, 2.45) is 40.8 Å². The molecule has 1 amide bonds. The molecule has 25 heteroatoms. The van der Waals surface area contributed by atoms with Crippen LogP contribution in [0.1, 0.15) is 16.7 Å². The Morgan fingerprint density at radius 1 is 0.682 bits per heavy atom. The van der Waals surface area contributed by atoms with Crippen molar-refractivity contribution < 1.29 is 134 Å². The van der Waals surface area contributed by atoms with Gasteiger partial charge in [0.2, 0.25) is 0 Å². The van der Waals surface area contributed by atoms with E-state index in [0.29, 0.717) is 39.6 Å². The molecule has 0 saturated heterocycles. The smallest absolute Gasteiger partial charge is 0.858 e. The van der Waals surface area contributed by atoms with Gasteiger partial charge in [-0.05, 0) is 121 Å². The molecule has 1 heterocycles. The van der Waals surface area contributed by atoms with E-state index in [9.17, 15) is 45.7 Å². The number of fused-ring (bicyclic) bond motifs is 1. The van der Waals surface area contributed by atoms with E-state index in [4.69, 9.17) is 5.73 Å². The zero-order valence-electron chi connectivity index (χ0n) is 35.6. The van der Waals surface area contributed by atoms with Crippen LogP contribution in [0.3, 0.4) is 0 Å². The number of carboxylic acids is 1. The van der Waals surface area contributed by atoms with Crippen LogP contribution in [-0.4, -0.2) is 55.5 Å². The predicted molar refractivity (Wildman–Crippen MR) is 224 cm³/mol. The number of aryl methyl sites for hydroxylation is 2. The quantitative estimate of drug-likeness (QED) is 0.0313. The first-order chi connectivity index (χ1) is 29.8. The summed E-state index contributed by atoms with van der Waals surface area (Å²) in [4.78, 5) is 27.5. The number of benzene rings is 6. The number of nitrogens with two attached hydrogens (primary N) is 1. The summed E-state index contributed by atoms with van der Waals surface area (Å²) in [6.45, 7) is 3.46. The zero-order valence-corrected chi connectivity index (χ0v) is 43.2. The molecule has 3 N–H and O–H groups in total. The molecule has 1 atom stereocenters. The maximum atomic E-state index is 13.0. The SMILES string of the molecule is Cc1cc(N=Nc2ccc(N=C([O-])c3ccc(N=NC4C(=O)N(c5cccc(N)c5)N=C4C(=O)[O-])cc3)cc2C)ccc1N=Nc1cc(S(=O)(=O)O)c2cccc(S(=O)(=O)[O-])c2c1.[Na+].[Na+].[Na+]. The monoisotopic (exact) mass is 954 g/mol. The first-order valence-electron chi connectivity index (χ1n) is 18.2. The van der Waals surface area contributed by atoms with E-state index >= 15 is 0 Å². The molecule has 20 nitrogen and oxygen atoms in total. The average Bonchev–Trinajstić information content (AvgIpc) is 3.57. The van der Waals surface area contributed by atoms with E-state index in [1.54, 1.807) is 62.4 Å². The van der Waals surface area contributed by atoms with Crippen LogP contribution in [0, 0.1) is 13.8 Å². The summed E-state index contributed by atoms with van der Waals surface area (Å²) < 4.78 is 69.7. The first-order valence-corrected chi connectivity index (χ1v) is 21.0. The number of nitrogens with zero attached hydrogens (tertiary/aromatic N) is 9. The average molecular weight is 955 g/mol. The molecule has 0 fully saturated rings. The largest absolute Gasteiger partial charge is 1.00 e. The Morgan fingerprint density at radius 2 is 1.27 bits per heavy atom. The van der Waals surface area contributed by atoms with E-state index in [-0.39, 0.29) is 122 Å². The number of amides is 1. The van der Waals surface area contributed by atoms with Gasteiger partial charge in [-0.2, -0.15) is 49.2 Å². The third-order valence-corrected chi connectivity index (χ3v) is 11.0. The molecule has 0 aliphatic carbocycles. The van der Waals surface area contributed by atoms with Crippen LogP contribution in [0.4, 0.5) is 45.5 Å². The second-order valence-electron chi connectivity index (χ2n) is 13.7. The Balaban J connectivity index is 0.00000317. The van der Waals surface area contributed by atoms with Gasteiger partial charge in [0.15, 0.2) is 6.04 Å². The zero-order chi connectivity index (χ0) is 45.2. The van der Waals surface area contributed by atoms with Gasteiger partial charge in [-0.15, -0.1) is 0 Å². The number of nitrogen functional groups attached to an aromatic ring is 1. The van der Waals surface area contributed by atoms with E-state index in [0.717, 1.165) is 17.1 Å². The number of anilines is 2. The number of hydrazone groups is 1. The molecule has 0 radical (unpaired) electrons. The van der Waals surface area contributed by atoms with Gasteiger partial charge in [0.25, 0.3) is 16.0 Å². The third-order valence-electron chi connectivity index (χ3n) is 9.22. The Bertz CT molecular complexity index is 3260. The van der Waals surface area contributed by atoms with Gasteiger partial charge in [0, 0.05) is 16.5 Å². The maximum Gasteiger partial charge on any atom is 1.00 e. The normalized spacial score (nSPS) is 14.3. The molecule has 6 aromatic rings. The predicted octanol–water partition coefficient (Wildman–Crippen LogP) is -2.92. The number of azo groups is 3. The van der Waals surface area contributed by atoms with Gasteiger partial charge in [-0.25, -0.2) is 8.42 Å². The molecule has 318 valence electrons. The van der Waals surface area contributed by atoms with Crippen LogP contribution in [0.25, 0.3) is 10.8 Å². The Morgan fingerprint density at radius 3 is 1.86 bits per heavy atom. The van der Waals surface area contributed by atoms with E-state index < -0.39 is 59.6 Å². The molecule has 0 saturated carbocycles. The van der Waals surface area contributed by atoms with Crippen molar-refractivity contribution in [1.82, 2.24) is 0 Å². The molecule has 7 rings (SSSR count). The second kappa shape index (κ2) is 22.3. The number of carbonyl (C=O) groups is 2. The number of carboxylic acid groups (broad SMARTS) is 1. The van der Waals surface area contributed by atoms with Crippen molar-refractivity contribution in [2.45, 2.75) is 29.7 Å². The minimum Gasteiger partial charge on any atom is -0.858 e. The fraction of sp³-hybridized carbons (Fsp3) is 0.0732. The van der Waals surface area contributed by atoms with Crippen LogP contribution in [0.2, 0.25) is 0 Å². The number of aliphatic imine (C=N–C) groups is 1. The maximum absolute atomic E-state index is 13.0. The van der Waals surface area contributed by atoms with Crippen LogP contribution in [0.15, 0.2) is 166 Å². The molecular formula is C41H29N10Na3O10S2. The molecule has 66 heavy (non-hydrogen) atoms. The summed E-state index contributed by atoms with van der Waals surface area (Å²) in [5.74, 6) is -3.04. The van der Waals surface area contributed by atoms with Gasteiger partial charge in [-0.3, -0.25) is 14.3 Å². The van der Waals surface area contributed by atoms with Crippen molar-refractivity contribution in [1.29, 1.82) is 0 Å². The van der Waals surface area contributed by atoms with Crippen molar-refractivity contribution >= 4 is 100.0 Å². The van der Waals surface area contributed by atoms with Crippen LogP contribution >= 0.6 is 0 Å². The number of hydrogen-bond donors (Lipinski definition) is 2. The van der Waals surface area contributed by atoms with E-state index in [2.05, 4.69) is 40.8 Å². The van der Waals surface area contributed by atoms with Crippen LogP contribution in [0.5, 0.6) is 0 Å². The summed E-state index contributed by atoms with van der Waals surface area (Å²) in [5.41, 5.74) is 8.82. The molecule has 1 aliphatic rings. The van der Waals surface area contributed by atoms with Gasteiger partial charge in [0.05, 0.1) is 50.7 Å². The molecule has 6 aromatic carbocycles. The molecule has 0 spiro atoms. The molecular weight excluding hydrogens is 926 g/mol. The van der Waals surface area contributed by atoms with Crippen molar-refractivity contribution in [2.75, 3.05) is 10.7 Å². The topological polar surface area (TPSA) is 320 Å².